The average molecular weight is 482 g/mol. The summed E-state index contributed by atoms with van der Waals surface area (Å²) in [5.41, 5.74) is 0.804. The lowest BCUT2D eigenvalue weighted by molar-refractivity contribution is 0.0595. The van der Waals surface area contributed by atoms with Crippen LogP contribution in [-0.4, -0.2) is 60.3 Å². The van der Waals surface area contributed by atoms with E-state index in [1.807, 2.05) is 0 Å². The molecule has 1 N–H and O–H groups in total. The van der Waals surface area contributed by atoms with Crippen LogP contribution in [0.2, 0.25) is 5.02 Å². The minimum absolute atomic E-state index is 0.0491. The second kappa shape index (κ2) is 9.86. The average Bonchev–Trinajstić information content (AvgIpc) is 2.81. The number of aromatic nitrogens is 3. The van der Waals surface area contributed by atoms with E-state index in [4.69, 9.17) is 16.3 Å². The predicted octanol–water partition coefficient (Wildman–Crippen LogP) is 2.46. The van der Waals surface area contributed by atoms with Gasteiger partial charge in [0, 0.05) is 31.9 Å². The third kappa shape index (κ3) is 4.98. The van der Waals surface area contributed by atoms with Gasteiger partial charge >= 0.3 is 0 Å². The molecular weight excluding hydrogens is 454 g/mol. The van der Waals surface area contributed by atoms with Crippen molar-refractivity contribution in [2.24, 2.45) is 5.92 Å². The molecule has 4 rings (SSSR count). The van der Waals surface area contributed by atoms with Crippen LogP contribution in [0, 0.1) is 12.8 Å². The topological polar surface area (TPSA) is 106 Å². The molecule has 11 heteroatoms. The van der Waals surface area contributed by atoms with Crippen LogP contribution in [0.4, 0.5) is 5.69 Å². The van der Waals surface area contributed by atoms with Crippen LogP contribution >= 0.6 is 11.6 Å². The standard InChI is InChI=1S/C21H28ClN5O4S/c1-15-4-2-6-19(25-15)32(29,30)26-9-7-17(8-10-26)27-21(28)20(22)18(13-24-27)23-12-16-5-3-11-31-14-16/h2,4,6,13,16-17,23H,3,5,7-12,14H2,1H3/t16-/m1/s1. The molecule has 32 heavy (non-hydrogen) atoms. The zero-order chi connectivity index (χ0) is 22.7. The largest absolute Gasteiger partial charge is 0.382 e. The summed E-state index contributed by atoms with van der Waals surface area (Å²) in [7, 11) is -3.67. The molecule has 0 spiro atoms. The number of anilines is 1. The monoisotopic (exact) mass is 481 g/mol. The molecule has 0 aromatic carbocycles. The van der Waals surface area contributed by atoms with Gasteiger partial charge in [-0.05, 0) is 50.7 Å². The SMILES string of the molecule is Cc1cccc(S(=O)(=O)N2CCC(n3ncc(NC[C@H]4CCCOC4)c(Cl)c3=O)CC2)n1. The van der Waals surface area contributed by atoms with Gasteiger partial charge in [-0.1, -0.05) is 17.7 Å². The van der Waals surface area contributed by atoms with Crippen LogP contribution in [0.1, 0.15) is 37.4 Å². The van der Waals surface area contributed by atoms with Crippen LogP contribution < -0.4 is 10.9 Å². The molecule has 1 atom stereocenters. The summed E-state index contributed by atoms with van der Waals surface area (Å²) in [6.45, 7) is 4.51. The number of sulfonamides is 1. The van der Waals surface area contributed by atoms with Crippen LogP contribution in [0.25, 0.3) is 0 Å². The van der Waals surface area contributed by atoms with Crippen LogP contribution in [-0.2, 0) is 14.8 Å². The van der Waals surface area contributed by atoms with Gasteiger partial charge in [0.2, 0.25) is 0 Å². The Balaban J connectivity index is 1.41. The Labute approximate surface area is 192 Å². The first kappa shape index (κ1) is 23.2. The minimum atomic E-state index is -3.67. The molecule has 2 fully saturated rings. The molecule has 0 amide bonds. The van der Waals surface area contributed by atoms with Gasteiger partial charge in [-0.25, -0.2) is 18.1 Å². The van der Waals surface area contributed by atoms with Crippen molar-refractivity contribution in [1.29, 1.82) is 0 Å². The molecule has 174 valence electrons. The summed E-state index contributed by atoms with van der Waals surface area (Å²) < 4.78 is 34.1. The van der Waals surface area contributed by atoms with E-state index >= 15 is 0 Å². The van der Waals surface area contributed by atoms with Gasteiger partial charge < -0.3 is 10.1 Å². The van der Waals surface area contributed by atoms with E-state index < -0.39 is 10.0 Å². The summed E-state index contributed by atoms with van der Waals surface area (Å²) >= 11 is 6.35. The maximum Gasteiger partial charge on any atom is 0.287 e. The van der Waals surface area contributed by atoms with Crippen molar-refractivity contribution in [1.82, 2.24) is 19.1 Å². The van der Waals surface area contributed by atoms with E-state index in [1.54, 1.807) is 25.3 Å². The van der Waals surface area contributed by atoms with E-state index in [2.05, 4.69) is 15.4 Å². The molecule has 4 heterocycles. The van der Waals surface area contributed by atoms with Crippen molar-refractivity contribution in [3.05, 3.63) is 45.5 Å². The Morgan fingerprint density at radius 1 is 1.25 bits per heavy atom. The lowest BCUT2D eigenvalue weighted by Crippen LogP contribution is -2.41. The van der Waals surface area contributed by atoms with Crippen LogP contribution in [0.15, 0.2) is 34.2 Å². The Morgan fingerprint density at radius 2 is 2.03 bits per heavy atom. The highest BCUT2D eigenvalue weighted by Crippen LogP contribution is 2.26. The zero-order valence-corrected chi connectivity index (χ0v) is 19.6. The molecular formula is C21H28ClN5O4S. The molecule has 9 nitrogen and oxygen atoms in total. The fraction of sp³-hybridized carbons (Fsp3) is 0.571. The molecule has 2 aromatic rings. The highest BCUT2D eigenvalue weighted by atomic mass is 35.5. The van der Waals surface area contributed by atoms with Crippen molar-refractivity contribution < 1.29 is 13.2 Å². The van der Waals surface area contributed by atoms with E-state index in [-0.39, 0.29) is 34.7 Å². The van der Waals surface area contributed by atoms with Crippen molar-refractivity contribution in [3.8, 4) is 0 Å². The lowest BCUT2D eigenvalue weighted by Gasteiger charge is -2.31. The Kier molecular flexibility index (Phi) is 7.14. The van der Waals surface area contributed by atoms with Crippen molar-refractivity contribution >= 4 is 27.3 Å². The number of halogens is 1. The molecule has 2 aromatic heterocycles. The molecule has 2 aliphatic rings. The van der Waals surface area contributed by atoms with E-state index in [0.29, 0.717) is 43.3 Å². The van der Waals surface area contributed by atoms with Gasteiger partial charge in [-0.3, -0.25) is 4.79 Å². The second-order valence-electron chi connectivity index (χ2n) is 8.34. The highest BCUT2D eigenvalue weighted by Gasteiger charge is 2.32. The third-order valence-electron chi connectivity index (χ3n) is 6.02. The Bertz CT molecular complexity index is 1110. The van der Waals surface area contributed by atoms with Gasteiger partial charge in [-0.15, -0.1) is 0 Å². The summed E-state index contributed by atoms with van der Waals surface area (Å²) in [6, 6.07) is 4.74. The molecule has 2 aliphatic heterocycles. The summed E-state index contributed by atoms with van der Waals surface area (Å²) in [6.07, 6.45) is 4.64. The number of ether oxygens (including phenoxy) is 1. The second-order valence-corrected chi connectivity index (χ2v) is 10.6. The molecule has 0 unspecified atom stereocenters. The molecule has 0 bridgehead atoms. The quantitative estimate of drug-likeness (QED) is 0.675. The van der Waals surface area contributed by atoms with Gasteiger partial charge in [0.05, 0.1) is 24.5 Å². The number of nitrogens with one attached hydrogen (secondary N) is 1. The maximum absolute atomic E-state index is 12.9. The number of pyridine rings is 1. The first-order chi connectivity index (χ1) is 15.4. The Morgan fingerprint density at radius 3 is 2.72 bits per heavy atom. The first-order valence-corrected chi connectivity index (χ1v) is 12.7. The summed E-state index contributed by atoms with van der Waals surface area (Å²) in [5.74, 6) is 0.386. The number of nitrogens with zero attached hydrogens (tertiary/aromatic N) is 4. The van der Waals surface area contributed by atoms with Crippen molar-refractivity contribution in [3.63, 3.8) is 0 Å². The van der Waals surface area contributed by atoms with E-state index in [1.165, 1.54) is 15.1 Å². The molecule has 0 aliphatic carbocycles. The number of hydrogen-bond acceptors (Lipinski definition) is 7. The lowest BCUT2D eigenvalue weighted by atomic mass is 10.0. The van der Waals surface area contributed by atoms with Crippen LogP contribution in [0.5, 0.6) is 0 Å². The van der Waals surface area contributed by atoms with Crippen molar-refractivity contribution in [2.75, 3.05) is 38.2 Å². The molecule has 2 saturated heterocycles. The van der Waals surface area contributed by atoms with Gasteiger partial charge in [0.25, 0.3) is 15.6 Å². The predicted molar refractivity (Wildman–Crippen MR) is 122 cm³/mol. The highest BCUT2D eigenvalue weighted by molar-refractivity contribution is 7.89. The van der Waals surface area contributed by atoms with Gasteiger partial charge in [0.15, 0.2) is 5.03 Å². The Hall–Kier alpha value is -2.01. The van der Waals surface area contributed by atoms with Gasteiger partial charge in [0.1, 0.15) is 5.02 Å². The number of hydrogen-bond donors (Lipinski definition) is 1. The number of piperidine rings is 1. The zero-order valence-electron chi connectivity index (χ0n) is 18.0. The third-order valence-corrected chi connectivity index (χ3v) is 8.18. The summed E-state index contributed by atoms with van der Waals surface area (Å²) in [4.78, 5) is 17.0. The molecule has 0 saturated carbocycles. The van der Waals surface area contributed by atoms with Crippen LogP contribution in [0.3, 0.4) is 0 Å². The fourth-order valence-corrected chi connectivity index (χ4v) is 5.84. The van der Waals surface area contributed by atoms with Gasteiger partial charge in [-0.2, -0.15) is 9.40 Å². The number of aryl methyl sites for hydroxylation is 1. The maximum atomic E-state index is 12.9. The first-order valence-electron chi connectivity index (χ1n) is 10.9. The van der Waals surface area contributed by atoms with E-state index in [0.717, 1.165) is 19.4 Å². The smallest absolute Gasteiger partial charge is 0.287 e. The molecule has 0 radical (unpaired) electrons. The van der Waals surface area contributed by atoms with E-state index in [9.17, 15) is 13.2 Å². The minimum Gasteiger partial charge on any atom is -0.382 e. The fourth-order valence-electron chi connectivity index (χ4n) is 4.17. The van der Waals surface area contributed by atoms with Crippen molar-refractivity contribution in [2.45, 2.75) is 43.7 Å². The normalized spacial score (nSPS) is 20.9. The number of rotatable bonds is 6. The summed E-state index contributed by atoms with van der Waals surface area (Å²) in [5, 5.41) is 7.71.